The molecule has 4 amide bonds. The van der Waals surface area contributed by atoms with E-state index in [-0.39, 0.29) is 78.9 Å². The van der Waals surface area contributed by atoms with Gasteiger partial charge in [-0.2, -0.15) is 0 Å². The SMILES string of the molecule is O=C(NCCOC(=O)N(CCO)CCO)NCCOC(=O)N(CCO)CCO. The van der Waals surface area contributed by atoms with E-state index in [0.29, 0.717) is 0 Å². The highest BCUT2D eigenvalue weighted by Crippen LogP contribution is 1.94. The van der Waals surface area contributed by atoms with E-state index in [1.165, 1.54) is 0 Å². The lowest BCUT2D eigenvalue weighted by Crippen LogP contribution is -2.41. The van der Waals surface area contributed by atoms with Crippen LogP contribution in [0.5, 0.6) is 0 Å². The number of hydrogen-bond donors (Lipinski definition) is 6. The molecule has 0 unspecified atom stereocenters. The molecule has 0 radical (unpaired) electrons. The Morgan fingerprint density at radius 3 is 1.25 bits per heavy atom. The van der Waals surface area contributed by atoms with Gasteiger partial charge in [0.25, 0.3) is 0 Å². The van der Waals surface area contributed by atoms with Gasteiger partial charge in [0.15, 0.2) is 0 Å². The molecule has 0 saturated carbocycles. The van der Waals surface area contributed by atoms with E-state index in [1.807, 2.05) is 0 Å². The second-order valence-electron chi connectivity index (χ2n) is 5.28. The van der Waals surface area contributed by atoms with Crippen molar-refractivity contribution >= 4 is 18.2 Å². The summed E-state index contributed by atoms with van der Waals surface area (Å²) in [5.41, 5.74) is 0. The molecule has 0 aromatic heterocycles. The number of nitrogens with one attached hydrogen (secondary N) is 2. The first-order valence-electron chi connectivity index (χ1n) is 8.78. The molecule has 0 aromatic carbocycles. The van der Waals surface area contributed by atoms with Gasteiger partial charge in [-0.3, -0.25) is 0 Å². The van der Waals surface area contributed by atoms with Crippen LogP contribution in [0.25, 0.3) is 0 Å². The number of carbonyl (C=O) groups is 3. The summed E-state index contributed by atoms with van der Waals surface area (Å²) in [6, 6.07) is -0.558. The summed E-state index contributed by atoms with van der Waals surface area (Å²) in [6.45, 7) is -1.10. The quantitative estimate of drug-likeness (QED) is 0.164. The van der Waals surface area contributed by atoms with E-state index in [9.17, 15) is 14.4 Å². The lowest BCUT2D eigenvalue weighted by atomic mass is 10.5. The molecule has 0 spiro atoms. The van der Waals surface area contributed by atoms with Crippen molar-refractivity contribution in [3.63, 3.8) is 0 Å². The average Bonchev–Trinajstić information content (AvgIpc) is 2.67. The monoisotopic (exact) mass is 410 g/mol. The highest BCUT2D eigenvalue weighted by atomic mass is 16.6. The van der Waals surface area contributed by atoms with Crippen molar-refractivity contribution in [2.75, 3.05) is 78.9 Å². The van der Waals surface area contributed by atoms with E-state index in [4.69, 9.17) is 29.9 Å². The standard InChI is InChI=1S/C15H30N4O9/c20-7-3-18(4-8-21)14(25)27-11-1-16-13(24)17-2-12-28-15(26)19(5-9-22)6-10-23/h20-23H,1-12H2,(H2,16,17,24). The molecule has 13 nitrogen and oxygen atoms in total. The maximum Gasteiger partial charge on any atom is 0.409 e. The molecule has 0 bridgehead atoms. The Labute approximate surface area is 162 Å². The number of nitrogens with zero attached hydrogens (tertiary/aromatic N) is 2. The number of amides is 4. The highest BCUT2D eigenvalue weighted by molar-refractivity contribution is 5.74. The molecule has 0 aliphatic carbocycles. The molecule has 28 heavy (non-hydrogen) atoms. The average molecular weight is 410 g/mol. The molecule has 0 atom stereocenters. The van der Waals surface area contributed by atoms with Gasteiger partial charge < -0.3 is 50.3 Å². The largest absolute Gasteiger partial charge is 0.448 e. The van der Waals surface area contributed by atoms with Crippen LogP contribution in [-0.4, -0.2) is 127 Å². The number of hydrogen-bond acceptors (Lipinski definition) is 9. The highest BCUT2D eigenvalue weighted by Gasteiger charge is 2.14. The lowest BCUT2D eigenvalue weighted by molar-refractivity contribution is 0.0860. The van der Waals surface area contributed by atoms with E-state index in [1.54, 1.807) is 0 Å². The fraction of sp³-hybridized carbons (Fsp3) is 0.800. The normalized spacial score (nSPS) is 10.1. The van der Waals surface area contributed by atoms with Crippen molar-refractivity contribution in [3.8, 4) is 0 Å². The van der Waals surface area contributed by atoms with Gasteiger partial charge in [0.2, 0.25) is 0 Å². The van der Waals surface area contributed by atoms with Gasteiger partial charge >= 0.3 is 18.2 Å². The number of ether oxygens (including phenoxy) is 2. The van der Waals surface area contributed by atoms with Crippen molar-refractivity contribution in [2.45, 2.75) is 0 Å². The summed E-state index contributed by atoms with van der Waals surface area (Å²) in [6.07, 6.45) is -1.43. The predicted octanol–water partition coefficient (Wildman–Crippen LogP) is -2.87. The topological polar surface area (TPSA) is 181 Å². The Balaban J connectivity index is 3.87. The number of aliphatic hydroxyl groups is 4. The van der Waals surface area contributed by atoms with Gasteiger partial charge in [-0.15, -0.1) is 0 Å². The number of aliphatic hydroxyl groups excluding tert-OH is 4. The summed E-state index contributed by atoms with van der Waals surface area (Å²) in [4.78, 5) is 37.1. The third kappa shape index (κ3) is 12.1. The molecule has 6 N–H and O–H groups in total. The smallest absolute Gasteiger partial charge is 0.409 e. The van der Waals surface area contributed by atoms with E-state index in [0.717, 1.165) is 9.80 Å². The van der Waals surface area contributed by atoms with Crippen LogP contribution in [0.4, 0.5) is 14.4 Å². The van der Waals surface area contributed by atoms with Crippen molar-refractivity contribution in [3.05, 3.63) is 0 Å². The van der Waals surface area contributed by atoms with Crippen LogP contribution in [-0.2, 0) is 9.47 Å². The van der Waals surface area contributed by atoms with Gasteiger partial charge in [0.1, 0.15) is 13.2 Å². The van der Waals surface area contributed by atoms with Gasteiger partial charge in [-0.1, -0.05) is 0 Å². The maximum absolute atomic E-state index is 11.7. The van der Waals surface area contributed by atoms with Crippen LogP contribution < -0.4 is 10.6 Å². The Kier molecular flexibility index (Phi) is 15.4. The number of carbonyl (C=O) groups excluding carboxylic acids is 3. The summed E-state index contributed by atoms with van der Waals surface area (Å²) in [5, 5.41) is 40.2. The third-order valence-electron chi connectivity index (χ3n) is 3.22. The molecule has 0 fully saturated rings. The minimum absolute atomic E-state index is 0.0278. The Morgan fingerprint density at radius 1 is 0.643 bits per heavy atom. The van der Waals surface area contributed by atoms with Crippen molar-refractivity contribution < 1.29 is 44.3 Å². The Hall–Kier alpha value is -2.35. The molecule has 0 aromatic rings. The second kappa shape index (κ2) is 16.8. The Bertz CT molecular complexity index is 403. The maximum atomic E-state index is 11.7. The first kappa shape index (κ1) is 25.6. The Morgan fingerprint density at radius 2 is 0.964 bits per heavy atom. The van der Waals surface area contributed by atoms with Gasteiger partial charge in [0, 0.05) is 26.2 Å². The van der Waals surface area contributed by atoms with Crippen molar-refractivity contribution in [1.82, 2.24) is 20.4 Å². The number of rotatable bonds is 14. The van der Waals surface area contributed by atoms with Crippen LogP contribution in [0.3, 0.4) is 0 Å². The summed E-state index contributed by atoms with van der Waals surface area (Å²) >= 11 is 0. The van der Waals surface area contributed by atoms with Gasteiger partial charge in [-0.05, 0) is 0 Å². The van der Waals surface area contributed by atoms with Crippen molar-refractivity contribution in [2.24, 2.45) is 0 Å². The first-order valence-corrected chi connectivity index (χ1v) is 8.78. The molecule has 13 heteroatoms. The molecule has 0 heterocycles. The second-order valence-corrected chi connectivity index (χ2v) is 5.28. The van der Waals surface area contributed by atoms with E-state index >= 15 is 0 Å². The summed E-state index contributed by atoms with van der Waals surface area (Å²) in [7, 11) is 0. The summed E-state index contributed by atoms with van der Waals surface area (Å²) < 4.78 is 9.79. The zero-order valence-electron chi connectivity index (χ0n) is 15.7. The predicted molar refractivity (Wildman–Crippen MR) is 95.6 cm³/mol. The third-order valence-corrected chi connectivity index (χ3v) is 3.22. The fourth-order valence-electron chi connectivity index (χ4n) is 1.92. The van der Waals surface area contributed by atoms with Crippen LogP contribution in [0.2, 0.25) is 0 Å². The molecule has 0 aliphatic heterocycles. The van der Waals surface area contributed by atoms with Crippen molar-refractivity contribution in [1.29, 1.82) is 0 Å². The zero-order valence-corrected chi connectivity index (χ0v) is 15.7. The van der Waals surface area contributed by atoms with Gasteiger partial charge in [-0.25, -0.2) is 14.4 Å². The molecule has 0 saturated heterocycles. The molecule has 0 aliphatic rings. The molecular weight excluding hydrogens is 380 g/mol. The molecule has 0 rings (SSSR count). The first-order chi connectivity index (χ1) is 13.5. The molecule has 164 valence electrons. The van der Waals surface area contributed by atoms with Crippen LogP contribution in [0, 0.1) is 0 Å². The van der Waals surface area contributed by atoms with Crippen LogP contribution >= 0.6 is 0 Å². The van der Waals surface area contributed by atoms with Gasteiger partial charge in [0.05, 0.1) is 39.5 Å². The van der Waals surface area contributed by atoms with Crippen LogP contribution in [0.15, 0.2) is 0 Å². The van der Waals surface area contributed by atoms with E-state index in [2.05, 4.69) is 10.6 Å². The zero-order chi connectivity index (χ0) is 21.2. The number of urea groups is 1. The lowest BCUT2D eigenvalue weighted by Gasteiger charge is -2.20. The minimum Gasteiger partial charge on any atom is -0.448 e. The molecular formula is C15H30N4O9. The van der Waals surface area contributed by atoms with E-state index < -0.39 is 18.2 Å². The summed E-state index contributed by atoms with van der Waals surface area (Å²) in [5.74, 6) is 0. The van der Waals surface area contributed by atoms with Crippen LogP contribution in [0.1, 0.15) is 0 Å². The fourth-order valence-corrected chi connectivity index (χ4v) is 1.92. The minimum atomic E-state index is -0.715.